The van der Waals surface area contributed by atoms with E-state index in [1.807, 2.05) is 7.05 Å². The molecular formula is C16H23FN2O2. The van der Waals surface area contributed by atoms with Crippen LogP contribution in [-0.4, -0.2) is 42.1 Å². The van der Waals surface area contributed by atoms with Crippen molar-refractivity contribution in [3.8, 4) is 0 Å². The van der Waals surface area contributed by atoms with Crippen LogP contribution < -0.4 is 5.32 Å². The van der Waals surface area contributed by atoms with Crippen molar-refractivity contribution >= 4 is 5.91 Å². The van der Waals surface area contributed by atoms with Gasteiger partial charge in [-0.3, -0.25) is 4.79 Å². The van der Waals surface area contributed by atoms with E-state index in [4.69, 9.17) is 0 Å². The second-order valence-electron chi connectivity index (χ2n) is 5.90. The van der Waals surface area contributed by atoms with Crippen molar-refractivity contribution in [2.24, 2.45) is 5.92 Å². The molecule has 0 bridgehead atoms. The lowest BCUT2D eigenvalue weighted by molar-refractivity contribution is -0.128. The number of aliphatic hydroxyl groups excluding tert-OH is 1. The number of amides is 1. The summed E-state index contributed by atoms with van der Waals surface area (Å²) in [6.45, 7) is 3.54. The number of likely N-dealkylation sites (tertiary alicyclic amines) is 1. The van der Waals surface area contributed by atoms with Gasteiger partial charge in [0.25, 0.3) is 0 Å². The third-order valence-electron chi connectivity index (χ3n) is 4.05. The van der Waals surface area contributed by atoms with Crippen LogP contribution in [0.1, 0.15) is 31.4 Å². The van der Waals surface area contributed by atoms with Crippen LogP contribution in [0.25, 0.3) is 0 Å². The average Bonchev–Trinajstić information content (AvgIpc) is 2.47. The van der Waals surface area contributed by atoms with Crippen LogP contribution in [0.15, 0.2) is 24.3 Å². The summed E-state index contributed by atoms with van der Waals surface area (Å²) in [6, 6.07) is 5.29. The third-order valence-corrected chi connectivity index (χ3v) is 4.05. The van der Waals surface area contributed by atoms with E-state index in [1.165, 1.54) is 24.3 Å². The van der Waals surface area contributed by atoms with Crippen molar-refractivity contribution < 1.29 is 14.3 Å². The van der Waals surface area contributed by atoms with E-state index in [0.717, 1.165) is 25.9 Å². The molecule has 1 aromatic carbocycles. The number of hydrogen-bond acceptors (Lipinski definition) is 3. The van der Waals surface area contributed by atoms with E-state index in [9.17, 15) is 14.3 Å². The smallest absolute Gasteiger partial charge is 0.224 e. The maximum absolute atomic E-state index is 12.9. The Morgan fingerprint density at radius 2 is 2.10 bits per heavy atom. The largest absolute Gasteiger partial charge is 0.386 e. The van der Waals surface area contributed by atoms with Gasteiger partial charge in [-0.1, -0.05) is 12.1 Å². The fourth-order valence-electron chi connectivity index (χ4n) is 2.75. The van der Waals surface area contributed by atoms with Gasteiger partial charge in [-0.25, -0.2) is 4.39 Å². The third kappa shape index (κ3) is 4.25. The molecule has 1 aromatic rings. The predicted molar refractivity (Wildman–Crippen MR) is 79.2 cm³/mol. The summed E-state index contributed by atoms with van der Waals surface area (Å²) in [4.78, 5) is 14.4. The van der Waals surface area contributed by atoms with Gasteiger partial charge in [0.05, 0.1) is 18.1 Å². The molecule has 116 valence electrons. The van der Waals surface area contributed by atoms with Crippen LogP contribution >= 0.6 is 0 Å². The predicted octanol–water partition coefficient (Wildman–Crippen LogP) is 1.71. The molecule has 1 saturated heterocycles. The minimum absolute atomic E-state index is 0.0183. The summed E-state index contributed by atoms with van der Waals surface area (Å²) in [7, 11) is 2.01. The quantitative estimate of drug-likeness (QED) is 0.889. The lowest BCUT2D eigenvalue weighted by Gasteiger charge is -2.30. The van der Waals surface area contributed by atoms with Crippen LogP contribution in [0, 0.1) is 11.7 Å². The summed E-state index contributed by atoms with van der Waals surface area (Å²) in [5, 5.41) is 13.1. The molecule has 2 N–H and O–H groups in total. The van der Waals surface area contributed by atoms with Gasteiger partial charge in [0.15, 0.2) is 0 Å². The number of piperidine rings is 1. The van der Waals surface area contributed by atoms with Crippen molar-refractivity contribution in [3.63, 3.8) is 0 Å². The Morgan fingerprint density at radius 3 is 2.71 bits per heavy atom. The minimum Gasteiger partial charge on any atom is -0.386 e. The number of carbonyl (C=O) groups is 1. The molecule has 1 fully saturated rings. The Balaban J connectivity index is 1.92. The topological polar surface area (TPSA) is 52.6 Å². The molecule has 0 aliphatic carbocycles. The molecule has 3 atom stereocenters. The first-order chi connectivity index (χ1) is 9.97. The molecule has 21 heavy (non-hydrogen) atoms. The Morgan fingerprint density at radius 1 is 1.43 bits per heavy atom. The normalized spacial score (nSPS) is 22.6. The van der Waals surface area contributed by atoms with Crippen LogP contribution in [0.3, 0.4) is 0 Å². The zero-order valence-electron chi connectivity index (χ0n) is 12.6. The highest BCUT2D eigenvalue weighted by molar-refractivity contribution is 5.79. The van der Waals surface area contributed by atoms with Gasteiger partial charge in [-0.05, 0) is 51.1 Å². The van der Waals surface area contributed by atoms with Crippen LogP contribution in [0.4, 0.5) is 4.39 Å². The molecule has 1 amide bonds. The van der Waals surface area contributed by atoms with Crippen LogP contribution in [0.5, 0.6) is 0 Å². The van der Waals surface area contributed by atoms with E-state index >= 15 is 0 Å². The second-order valence-corrected chi connectivity index (χ2v) is 5.90. The zero-order chi connectivity index (χ0) is 15.4. The van der Waals surface area contributed by atoms with Gasteiger partial charge < -0.3 is 15.3 Å². The average molecular weight is 294 g/mol. The fourth-order valence-corrected chi connectivity index (χ4v) is 2.75. The van der Waals surface area contributed by atoms with Crippen molar-refractivity contribution in [1.29, 1.82) is 0 Å². The summed E-state index contributed by atoms with van der Waals surface area (Å²) >= 11 is 0. The maximum Gasteiger partial charge on any atom is 0.224 e. The summed E-state index contributed by atoms with van der Waals surface area (Å²) in [5.41, 5.74) is 0.602. The Hall–Kier alpha value is -1.46. The number of aliphatic hydroxyl groups is 1. The van der Waals surface area contributed by atoms with Crippen molar-refractivity contribution in [3.05, 3.63) is 35.6 Å². The number of benzene rings is 1. The molecule has 0 aromatic heterocycles. The number of rotatable bonds is 4. The van der Waals surface area contributed by atoms with Gasteiger partial charge in [-0.15, -0.1) is 0 Å². The number of hydrogen-bond donors (Lipinski definition) is 2. The molecule has 1 aliphatic heterocycles. The van der Waals surface area contributed by atoms with E-state index in [1.54, 1.807) is 6.92 Å². The van der Waals surface area contributed by atoms with Crippen LogP contribution in [-0.2, 0) is 4.79 Å². The molecule has 0 saturated carbocycles. The van der Waals surface area contributed by atoms with Gasteiger partial charge in [0.2, 0.25) is 5.91 Å². The molecule has 1 aliphatic rings. The molecule has 2 rings (SSSR count). The number of halogens is 1. The highest BCUT2D eigenvalue weighted by Gasteiger charge is 2.26. The summed E-state index contributed by atoms with van der Waals surface area (Å²) in [5.74, 6) is -0.380. The minimum atomic E-state index is -0.837. The fraction of sp³-hybridized carbons (Fsp3) is 0.562. The first-order valence-corrected chi connectivity index (χ1v) is 7.40. The summed E-state index contributed by atoms with van der Waals surface area (Å²) < 4.78 is 12.9. The lowest BCUT2D eigenvalue weighted by Crippen LogP contribution is -2.45. The highest BCUT2D eigenvalue weighted by atomic mass is 19.1. The van der Waals surface area contributed by atoms with Gasteiger partial charge in [-0.2, -0.15) is 0 Å². The molecule has 4 nitrogen and oxygen atoms in total. The van der Waals surface area contributed by atoms with E-state index in [2.05, 4.69) is 10.2 Å². The van der Waals surface area contributed by atoms with Gasteiger partial charge >= 0.3 is 0 Å². The second kappa shape index (κ2) is 7.00. The SMILES string of the molecule is CC(NC(=O)C1CCCN(C)C1)C(O)c1ccc(F)cc1. The summed E-state index contributed by atoms with van der Waals surface area (Å²) in [6.07, 6.45) is 1.06. The first kappa shape index (κ1) is 15.9. The number of nitrogens with zero attached hydrogens (tertiary/aromatic N) is 1. The molecular weight excluding hydrogens is 271 g/mol. The number of carbonyl (C=O) groups excluding carboxylic acids is 1. The lowest BCUT2D eigenvalue weighted by atomic mass is 9.96. The Bertz CT molecular complexity index is 478. The molecule has 0 radical (unpaired) electrons. The monoisotopic (exact) mass is 294 g/mol. The highest BCUT2D eigenvalue weighted by Crippen LogP contribution is 2.19. The Labute approximate surface area is 125 Å². The standard InChI is InChI=1S/C16H23FN2O2/c1-11(15(20)12-5-7-14(17)8-6-12)18-16(21)13-4-3-9-19(2)10-13/h5-8,11,13,15,20H,3-4,9-10H2,1-2H3,(H,18,21). The molecule has 1 heterocycles. The van der Waals surface area contributed by atoms with E-state index in [-0.39, 0.29) is 17.6 Å². The molecule has 5 heteroatoms. The van der Waals surface area contributed by atoms with E-state index in [0.29, 0.717) is 5.56 Å². The van der Waals surface area contributed by atoms with Crippen molar-refractivity contribution in [2.45, 2.75) is 31.9 Å². The zero-order valence-corrected chi connectivity index (χ0v) is 12.6. The van der Waals surface area contributed by atoms with Gasteiger partial charge in [0.1, 0.15) is 5.82 Å². The molecule has 0 spiro atoms. The Kier molecular flexibility index (Phi) is 5.31. The van der Waals surface area contributed by atoms with Crippen molar-refractivity contribution in [2.75, 3.05) is 20.1 Å². The van der Waals surface area contributed by atoms with E-state index < -0.39 is 12.1 Å². The van der Waals surface area contributed by atoms with Crippen molar-refractivity contribution in [1.82, 2.24) is 10.2 Å². The van der Waals surface area contributed by atoms with Gasteiger partial charge in [0, 0.05) is 6.54 Å². The first-order valence-electron chi connectivity index (χ1n) is 7.40. The maximum atomic E-state index is 12.9. The van der Waals surface area contributed by atoms with Crippen LogP contribution in [0.2, 0.25) is 0 Å². The number of nitrogens with one attached hydrogen (secondary N) is 1. The molecule has 3 unspecified atom stereocenters.